The largest absolute Gasteiger partial charge is 0.386 e. The Morgan fingerprint density at radius 2 is 2.04 bits per heavy atom. The number of likely N-dealkylation sites (tertiary alicyclic amines) is 1. The van der Waals surface area contributed by atoms with Crippen LogP contribution in [0.5, 0.6) is 0 Å². The van der Waals surface area contributed by atoms with Crippen molar-refractivity contribution < 1.29 is 14.0 Å². The summed E-state index contributed by atoms with van der Waals surface area (Å²) >= 11 is 0. The molecule has 0 unspecified atom stereocenters. The molecule has 1 atom stereocenters. The van der Waals surface area contributed by atoms with E-state index in [-0.39, 0.29) is 5.91 Å². The van der Waals surface area contributed by atoms with Crippen LogP contribution in [0, 0.1) is 5.82 Å². The Kier molecular flexibility index (Phi) is 4.71. The summed E-state index contributed by atoms with van der Waals surface area (Å²) in [5, 5.41) is 6.96. The van der Waals surface area contributed by atoms with Gasteiger partial charge in [-0.3, -0.25) is 4.79 Å². The molecule has 1 aromatic rings. The van der Waals surface area contributed by atoms with Gasteiger partial charge in [0.15, 0.2) is 11.4 Å². The molecule has 0 radical (unpaired) electrons. The van der Waals surface area contributed by atoms with Crippen LogP contribution in [0.4, 0.5) is 10.3 Å². The number of carbonyl (C=O) groups is 1. The quantitative estimate of drug-likeness (QED) is 0.824. The summed E-state index contributed by atoms with van der Waals surface area (Å²) in [7, 11) is 0. The normalized spacial score (nSPS) is 25.6. The zero-order valence-electron chi connectivity index (χ0n) is 14.7. The lowest BCUT2D eigenvalue weighted by Crippen LogP contribution is -2.39. The summed E-state index contributed by atoms with van der Waals surface area (Å²) in [5.74, 6) is -0.149. The summed E-state index contributed by atoms with van der Waals surface area (Å²) in [5.41, 5.74) is -0.0763. The molecular weight excluding hydrogens is 339 g/mol. The standard InChI is InChI=1S/C17H23FN6O2/c18-13-10-20-16(21-11-13)24-7-3-17(12-24)9-14(22-26-17)15(25)19-4-8-23-5-1-2-6-23/h10-11H,1-9,12H2,(H,19,25)/t17-/m1/s1. The molecule has 8 nitrogen and oxygen atoms in total. The van der Waals surface area contributed by atoms with Crippen LogP contribution in [-0.2, 0) is 9.63 Å². The van der Waals surface area contributed by atoms with E-state index in [0.717, 1.165) is 38.4 Å². The van der Waals surface area contributed by atoms with E-state index in [0.29, 0.717) is 37.7 Å². The number of amides is 1. The fraction of sp³-hybridized carbons (Fsp3) is 0.647. The van der Waals surface area contributed by atoms with Gasteiger partial charge in [-0.25, -0.2) is 14.4 Å². The highest BCUT2D eigenvalue weighted by Gasteiger charge is 2.47. The zero-order valence-corrected chi connectivity index (χ0v) is 14.7. The molecule has 1 amide bonds. The number of hydrogen-bond acceptors (Lipinski definition) is 7. The highest BCUT2D eigenvalue weighted by Crippen LogP contribution is 2.35. The maximum Gasteiger partial charge on any atom is 0.269 e. The first-order valence-corrected chi connectivity index (χ1v) is 9.12. The van der Waals surface area contributed by atoms with Crippen molar-refractivity contribution in [2.24, 2.45) is 5.16 Å². The minimum Gasteiger partial charge on any atom is -0.386 e. The summed E-state index contributed by atoms with van der Waals surface area (Å²) in [6.07, 6.45) is 5.98. The Hall–Kier alpha value is -2.29. The van der Waals surface area contributed by atoms with E-state index in [1.165, 1.54) is 12.8 Å². The fourth-order valence-electron chi connectivity index (χ4n) is 3.78. The SMILES string of the molecule is O=C(NCCN1CCCC1)C1=NO[C@]2(CCN(c3ncc(F)cn3)C2)C1. The third kappa shape index (κ3) is 3.62. The van der Waals surface area contributed by atoms with Crippen molar-refractivity contribution in [2.75, 3.05) is 44.2 Å². The second-order valence-corrected chi connectivity index (χ2v) is 7.17. The van der Waals surface area contributed by atoms with Crippen LogP contribution < -0.4 is 10.2 Å². The predicted molar refractivity (Wildman–Crippen MR) is 93.4 cm³/mol. The number of oxime groups is 1. The summed E-state index contributed by atoms with van der Waals surface area (Å²) in [4.78, 5) is 30.3. The van der Waals surface area contributed by atoms with E-state index < -0.39 is 11.4 Å². The first-order valence-electron chi connectivity index (χ1n) is 9.12. The van der Waals surface area contributed by atoms with Gasteiger partial charge < -0.3 is 20.0 Å². The smallest absolute Gasteiger partial charge is 0.269 e. The molecule has 1 N–H and O–H groups in total. The zero-order chi connectivity index (χ0) is 18.0. The molecule has 1 aromatic heterocycles. The molecule has 4 rings (SSSR count). The number of nitrogens with one attached hydrogen (secondary N) is 1. The summed E-state index contributed by atoms with van der Waals surface area (Å²) in [6.45, 7) is 4.95. The molecule has 2 saturated heterocycles. The van der Waals surface area contributed by atoms with Crippen molar-refractivity contribution in [2.45, 2.75) is 31.3 Å². The Bertz CT molecular complexity index is 691. The minimum atomic E-state index is -0.515. The third-order valence-corrected chi connectivity index (χ3v) is 5.22. The summed E-state index contributed by atoms with van der Waals surface area (Å²) < 4.78 is 13.0. The van der Waals surface area contributed by atoms with Crippen molar-refractivity contribution >= 4 is 17.6 Å². The average molecular weight is 362 g/mol. The monoisotopic (exact) mass is 362 g/mol. The Morgan fingerprint density at radius 3 is 2.81 bits per heavy atom. The van der Waals surface area contributed by atoms with Crippen molar-refractivity contribution in [1.82, 2.24) is 20.2 Å². The van der Waals surface area contributed by atoms with Crippen LogP contribution in [0.25, 0.3) is 0 Å². The lowest BCUT2D eigenvalue weighted by Gasteiger charge is -2.21. The van der Waals surface area contributed by atoms with Gasteiger partial charge in [0, 0.05) is 32.5 Å². The molecule has 0 aromatic carbocycles. The van der Waals surface area contributed by atoms with E-state index in [1.807, 2.05) is 4.90 Å². The van der Waals surface area contributed by atoms with Gasteiger partial charge in [0.05, 0.1) is 18.9 Å². The Labute approximate surface area is 151 Å². The number of carbonyl (C=O) groups excluding carboxylic acids is 1. The molecule has 1 spiro atoms. The van der Waals surface area contributed by atoms with Crippen LogP contribution in [-0.4, -0.2) is 71.4 Å². The van der Waals surface area contributed by atoms with Gasteiger partial charge >= 0.3 is 0 Å². The molecular formula is C17H23FN6O2. The number of anilines is 1. The van der Waals surface area contributed by atoms with Gasteiger partial charge in [-0.1, -0.05) is 5.16 Å². The number of rotatable bonds is 5. The van der Waals surface area contributed by atoms with Crippen LogP contribution in [0.3, 0.4) is 0 Å². The molecule has 4 heterocycles. The second-order valence-electron chi connectivity index (χ2n) is 7.17. The van der Waals surface area contributed by atoms with Crippen LogP contribution >= 0.6 is 0 Å². The van der Waals surface area contributed by atoms with Crippen molar-refractivity contribution in [3.63, 3.8) is 0 Å². The Morgan fingerprint density at radius 1 is 1.27 bits per heavy atom. The lowest BCUT2D eigenvalue weighted by atomic mass is 9.96. The van der Waals surface area contributed by atoms with E-state index >= 15 is 0 Å². The fourth-order valence-corrected chi connectivity index (χ4v) is 3.78. The molecule has 26 heavy (non-hydrogen) atoms. The van der Waals surface area contributed by atoms with Gasteiger partial charge in [-0.05, 0) is 25.9 Å². The minimum absolute atomic E-state index is 0.155. The molecule has 9 heteroatoms. The van der Waals surface area contributed by atoms with Crippen molar-refractivity contribution in [3.8, 4) is 0 Å². The highest BCUT2D eigenvalue weighted by atomic mass is 19.1. The van der Waals surface area contributed by atoms with Crippen molar-refractivity contribution in [3.05, 3.63) is 18.2 Å². The molecule has 0 bridgehead atoms. The van der Waals surface area contributed by atoms with Gasteiger partial charge in [-0.2, -0.15) is 0 Å². The number of aromatic nitrogens is 2. The highest BCUT2D eigenvalue weighted by molar-refractivity contribution is 6.39. The first-order chi connectivity index (χ1) is 12.6. The van der Waals surface area contributed by atoms with E-state index in [9.17, 15) is 9.18 Å². The van der Waals surface area contributed by atoms with Crippen LogP contribution in [0.2, 0.25) is 0 Å². The average Bonchev–Trinajstić information content (AvgIpc) is 3.38. The first kappa shape index (κ1) is 17.1. The molecule has 3 aliphatic rings. The van der Waals surface area contributed by atoms with Gasteiger partial charge in [0.25, 0.3) is 5.91 Å². The number of nitrogens with zero attached hydrogens (tertiary/aromatic N) is 5. The number of hydrogen-bond donors (Lipinski definition) is 1. The van der Waals surface area contributed by atoms with E-state index in [4.69, 9.17) is 4.84 Å². The summed E-state index contributed by atoms with van der Waals surface area (Å²) in [6, 6.07) is 0. The van der Waals surface area contributed by atoms with E-state index in [2.05, 4.69) is 25.3 Å². The maximum absolute atomic E-state index is 13.0. The van der Waals surface area contributed by atoms with Crippen molar-refractivity contribution in [1.29, 1.82) is 0 Å². The molecule has 0 aliphatic carbocycles. The molecule has 3 aliphatic heterocycles. The van der Waals surface area contributed by atoms with Crippen LogP contribution in [0.1, 0.15) is 25.7 Å². The van der Waals surface area contributed by atoms with Gasteiger partial charge in [0.1, 0.15) is 5.71 Å². The number of halogens is 1. The lowest BCUT2D eigenvalue weighted by molar-refractivity contribution is -0.114. The Balaban J connectivity index is 1.27. The molecule has 2 fully saturated rings. The molecule has 0 saturated carbocycles. The topological polar surface area (TPSA) is 83.0 Å². The van der Waals surface area contributed by atoms with E-state index in [1.54, 1.807) is 0 Å². The second kappa shape index (κ2) is 7.14. The maximum atomic E-state index is 13.0. The van der Waals surface area contributed by atoms with Gasteiger partial charge in [0.2, 0.25) is 5.95 Å². The molecule has 140 valence electrons. The third-order valence-electron chi connectivity index (χ3n) is 5.22. The van der Waals surface area contributed by atoms with Crippen LogP contribution in [0.15, 0.2) is 17.5 Å². The predicted octanol–water partition coefficient (Wildman–Crippen LogP) is 0.553. The van der Waals surface area contributed by atoms with Gasteiger partial charge in [-0.15, -0.1) is 0 Å².